The summed E-state index contributed by atoms with van der Waals surface area (Å²) >= 11 is 0. The molecule has 0 saturated heterocycles. The molecule has 7 nitrogen and oxygen atoms in total. The van der Waals surface area contributed by atoms with Crippen molar-refractivity contribution in [2.24, 2.45) is 40.1 Å². The van der Waals surface area contributed by atoms with Crippen molar-refractivity contribution in [1.29, 1.82) is 0 Å². The van der Waals surface area contributed by atoms with Crippen LogP contribution in [0.1, 0.15) is 6.92 Å². The van der Waals surface area contributed by atoms with Gasteiger partial charge in [-0.25, -0.2) is 0 Å². The molecule has 0 rings (SSSR count). The van der Waals surface area contributed by atoms with Crippen molar-refractivity contribution in [3.8, 4) is 0 Å². The number of rotatable bonds is 3. The average molecular weight is 310 g/mol. The van der Waals surface area contributed by atoms with Crippen LogP contribution in [0, 0.1) is 0 Å². The molecule has 0 atom stereocenters. The highest BCUT2D eigenvalue weighted by molar-refractivity contribution is 4.26. The highest BCUT2D eigenvalue weighted by Gasteiger charge is 1.55. The van der Waals surface area contributed by atoms with E-state index in [1.807, 2.05) is 6.92 Å². The van der Waals surface area contributed by atoms with E-state index in [-0.39, 0.29) is 0 Å². The summed E-state index contributed by atoms with van der Waals surface area (Å²) in [6.45, 7) is 24.2. The zero-order valence-electron chi connectivity index (χ0n) is 14.2. The lowest BCUT2D eigenvalue weighted by atomic mass is 10.7. The fourth-order valence-electron chi connectivity index (χ4n) is 0. The van der Waals surface area contributed by atoms with Crippen LogP contribution in [-0.2, 0) is 0 Å². The predicted octanol–water partition coefficient (Wildman–Crippen LogP) is -0.917. The van der Waals surface area contributed by atoms with E-state index in [0.29, 0.717) is 39.3 Å². The Hall–Kier alpha value is -1.06. The third-order valence-electron chi connectivity index (χ3n) is 0.500. The van der Waals surface area contributed by atoms with E-state index in [4.69, 9.17) is 40.1 Å². The predicted molar refractivity (Wildman–Crippen MR) is 103 cm³/mol. The Morgan fingerprint density at radius 1 is 0.429 bits per heavy atom. The van der Waals surface area contributed by atoms with E-state index >= 15 is 0 Å². The van der Waals surface area contributed by atoms with Gasteiger partial charge in [0.05, 0.1) is 0 Å². The minimum Gasteiger partial charge on any atom is -0.331 e. The first-order chi connectivity index (χ1) is 10.2. The summed E-state index contributed by atoms with van der Waals surface area (Å²) in [4.78, 5) is 0. The van der Waals surface area contributed by atoms with Gasteiger partial charge in [-0.2, -0.15) is 0 Å². The van der Waals surface area contributed by atoms with Crippen molar-refractivity contribution in [3.63, 3.8) is 0 Å². The molecule has 0 heterocycles. The van der Waals surface area contributed by atoms with Crippen molar-refractivity contribution in [2.45, 2.75) is 6.92 Å². The molecule has 7 heteroatoms. The molecule has 0 aromatic heterocycles. The van der Waals surface area contributed by atoms with Gasteiger partial charge >= 0.3 is 0 Å². The first kappa shape index (κ1) is 42.7. The highest BCUT2D eigenvalue weighted by Crippen LogP contribution is 1.25. The third-order valence-corrected chi connectivity index (χ3v) is 0.500. The molecule has 0 unspecified atom stereocenters. The molecule has 0 aromatic rings. The molecule has 134 valence electrons. The third kappa shape index (κ3) is 1440. The van der Waals surface area contributed by atoms with Gasteiger partial charge in [-0.05, 0) is 6.54 Å². The molecule has 14 N–H and O–H groups in total. The van der Waals surface area contributed by atoms with Crippen LogP contribution in [0.25, 0.3) is 0 Å². The van der Waals surface area contributed by atoms with Crippen LogP contribution < -0.4 is 40.1 Å². The van der Waals surface area contributed by atoms with Gasteiger partial charge in [0.1, 0.15) is 0 Å². The van der Waals surface area contributed by atoms with E-state index in [1.165, 1.54) is 0 Å². The Kier molecular flexibility index (Phi) is 351. The molecule has 0 aliphatic rings. The average Bonchev–Trinajstić information content (AvgIpc) is 2.61. The van der Waals surface area contributed by atoms with Crippen molar-refractivity contribution in [1.82, 2.24) is 0 Å². The molecule has 0 bridgehead atoms. The Morgan fingerprint density at radius 2 is 0.476 bits per heavy atom. The van der Waals surface area contributed by atoms with Crippen LogP contribution in [0.5, 0.6) is 0 Å². The lowest BCUT2D eigenvalue weighted by Gasteiger charge is -1.72. The smallest absolute Gasteiger partial charge is 0.00461 e. The van der Waals surface area contributed by atoms with Crippen LogP contribution in [0.3, 0.4) is 0 Å². The largest absolute Gasteiger partial charge is 0.331 e. The molecule has 0 aromatic carbocycles. The lowest BCUT2D eigenvalue weighted by molar-refractivity contribution is 0.976. The topological polar surface area (TPSA) is 182 Å². The van der Waals surface area contributed by atoms with Gasteiger partial charge in [-0.3, -0.25) is 0 Å². The maximum absolute atomic E-state index is 4.90. The summed E-state index contributed by atoms with van der Waals surface area (Å²) in [7, 11) is 0. The summed E-state index contributed by atoms with van der Waals surface area (Å²) in [6.07, 6.45) is 0. The number of hydrogen-bond donors (Lipinski definition) is 7. The van der Waals surface area contributed by atoms with Gasteiger partial charge in [0.25, 0.3) is 0 Å². The van der Waals surface area contributed by atoms with Crippen LogP contribution in [-0.4, -0.2) is 45.8 Å². The molecular formula is C14H43N7. The maximum atomic E-state index is 4.90. The number of nitrogens with two attached hydrogens (primary N) is 7. The molecule has 0 spiro atoms. The van der Waals surface area contributed by atoms with Gasteiger partial charge in [0.2, 0.25) is 0 Å². The minimum atomic E-state index is 0.597. The summed E-state index contributed by atoms with van der Waals surface area (Å²) in [5.41, 5.74) is 34.3. The van der Waals surface area contributed by atoms with Crippen molar-refractivity contribution in [2.75, 3.05) is 45.8 Å². The maximum Gasteiger partial charge on any atom is 0.00461 e. The molecule has 21 heavy (non-hydrogen) atoms. The van der Waals surface area contributed by atoms with Gasteiger partial charge in [-0.1, -0.05) is 6.92 Å². The van der Waals surface area contributed by atoms with Crippen LogP contribution in [0.15, 0.2) is 39.5 Å². The molecule has 0 radical (unpaired) electrons. The zero-order valence-corrected chi connectivity index (χ0v) is 14.2. The zero-order chi connectivity index (χ0) is 18.9. The summed E-state index contributed by atoms with van der Waals surface area (Å²) in [5, 5.41) is 0. The lowest BCUT2D eigenvalue weighted by Crippen LogP contribution is -2.11. The Bertz CT molecular complexity index is 65.5. The van der Waals surface area contributed by atoms with E-state index in [0.717, 1.165) is 6.54 Å². The van der Waals surface area contributed by atoms with Crippen LogP contribution in [0.2, 0.25) is 0 Å². The summed E-state index contributed by atoms with van der Waals surface area (Å²) in [6, 6.07) is 0. The first-order valence-electron chi connectivity index (χ1n) is 6.56. The second-order valence-corrected chi connectivity index (χ2v) is 2.14. The summed E-state index contributed by atoms with van der Waals surface area (Å²) < 4.78 is 0. The van der Waals surface area contributed by atoms with Crippen molar-refractivity contribution in [3.05, 3.63) is 39.5 Å². The Labute approximate surface area is 133 Å². The van der Waals surface area contributed by atoms with Gasteiger partial charge in [0.15, 0.2) is 0 Å². The second-order valence-electron chi connectivity index (χ2n) is 2.14. The van der Waals surface area contributed by atoms with Crippen LogP contribution >= 0.6 is 0 Å². The Balaban J connectivity index is -0.0000000224. The quantitative estimate of drug-likeness (QED) is 0.329. The number of hydrogen-bond acceptors (Lipinski definition) is 7. The molecule has 0 saturated carbocycles. The first-order valence-corrected chi connectivity index (χ1v) is 6.56. The second kappa shape index (κ2) is 173. The standard InChI is InChI=1S/3C2H8N2.C2H7N.3C2H4/c3*3-1-2-4;1-2-3;3*1-2/h3*1-4H2;2-3H2,1H3;3*1-2H2. The van der Waals surface area contributed by atoms with E-state index < -0.39 is 0 Å². The molecule has 0 aliphatic heterocycles. The normalized spacial score (nSPS) is 5.71. The van der Waals surface area contributed by atoms with Gasteiger partial charge in [-0.15, -0.1) is 39.5 Å². The fourth-order valence-corrected chi connectivity index (χ4v) is 0. The van der Waals surface area contributed by atoms with Gasteiger partial charge in [0, 0.05) is 39.3 Å². The molecule has 0 fully saturated rings. The van der Waals surface area contributed by atoms with Gasteiger partial charge < -0.3 is 40.1 Å². The van der Waals surface area contributed by atoms with E-state index in [2.05, 4.69) is 39.5 Å². The van der Waals surface area contributed by atoms with E-state index in [1.54, 1.807) is 0 Å². The summed E-state index contributed by atoms with van der Waals surface area (Å²) in [5.74, 6) is 0. The Morgan fingerprint density at radius 3 is 0.476 bits per heavy atom. The highest BCUT2D eigenvalue weighted by atomic mass is 14.6. The molecule has 0 aliphatic carbocycles. The van der Waals surface area contributed by atoms with E-state index in [9.17, 15) is 0 Å². The fraction of sp³-hybridized carbons (Fsp3) is 0.571. The van der Waals surface area contributed by atoms with Crippen molar-refractivity contribution < 1.29 is 0 Å². The molecular weight excluding hydrogens is 266 g/mol. The SMILES string of the molecule is C=C.C=C.C=C.CCN.NCCN.NCCN.NCCN. The minimum absolute atomic E-state index is 0.597. The van der Waals surface area contributed by atoms with Crippen molar-refractivity contribution >= 4 is 0 Å². The van der Waals surface area contributed by atoms with Crippen LogP contribution in [0.4, 0.5) is 0 Å². The monoisotopic (exact) mass is 309 g/mol. The molecule has 0 amide bonds.